The van der Waals surface area contributed by atoms with E-state index in [0.717, 1.165) is 30.2 Å². The fraction of sp³-hybridized carbons (Fsp3) is 0.571. The van der Waals surface area contributed by atoms with Gasteiger partial charge < -0.3 is 20.1 Å². The SMILES string of the molecule is COCCN(CC(C)C)c1cc(OC)ccc1N. The van der Waals surface area contributed by atoms with Crippen LogP contribution in [0.4, 0.5) is 11.4 Å². The van der Waals surface area contributed by atoms with Crippen LogP contribution in [-0.2, 0) is 4.74 Å². The van der Waals surface area contributed by atoms with E-state index in [1.165, 1.54) is 0 Å². The van der Waals surface area contributed by atoms with Gasteiger partial charge in [0.15, 0.2) is 0 Å². The monoisotopic (exact) mass is 252 g/mol. The molecule has 0 aromatic heterocycles. The van der Waals surface area contributed by atoms with Gasteiger partial charge in [0, 0.05) is 26.3 Å². The molecule has 0 atom stereocenters. The Hall–Kier alpha value is -1.42. The quantitative estimate of drug-likeness (QED) is 0.757. The van der Waals surface area contributed by atoms with E-state index in [4.69, 9.17) is 15.2 Å². The lowest BCUT2D eigenvalue weighted by atomic mass is 10.1. The van der Waals surface area contributed by atoms with Crippen LogP contribution in [-0.4, -0.2) is 33.9 Å². The van der Waals surface area contributed by atoms with E-state index >= 15 is 0 Å². The van der Waals surface area contributed by atoms with Crippen LogP contribution < -0.4 is 15.4 Å². The molecule has 0 fully saturated rings. The van der Waals surface area contributed by atoms with Crippen molar-refractivity contribution in [2.75, 3.05) is 44.5 Å². The summed E-state index contributed by atoms with van der Waals surface area (Å²) >= 11 is 0. The Labute approximate surface area is 110 Å². The molecule has 0 heterocycles. The molecule has 0 spiro atoms. The molecule has 1 rings (SSSR count). The van der Waals surface area contributed by atoms with Crippen molar-refractivity contribution >= 4 is 11.4 Å². The summed E-state index contributed by atoms with van der Waals surface area (Å²) in [6.45, 7) is 6.84. The smallest absolute Gasteiger partial charge is 0.121 e. The predicted molar refractivity (Wildman–Crippen MR) is 76.3 cm³/mol. The second-order valence-electron chi connectivity index (χ2n) is 4.76. The predicted octanol–water partition coefficient (Wildman–Crippen LogP) is 2.39. The van der Waals surface area contributed by atoms with Crippen molar-refractivity contribution in [2.24, 2.45) is 5.92 Å². The molecule has 0 amide bonds. The molecular formula is C14H24N2O2. The number of anilines is 2. The first kappa shape index (κ1) is 14.6. The Morgan fingerprint density at radius 2 is 2.00 bits per heavy atom. The molecule has 2 N–H and O–H groups in total. The number of hydrogen-bond acceptors (Lipinski definition) is 4. The molecule has 102 valence electrons. The van der Waals surface area contributed by atoms with E-state index in [1.807, 2.05) is 18.2 Å². The number of nitrogens with two attached hydrogens (primary N) is 1. The highest BCUT2D eigenvalue weighted by Gasteiger charge is 2.12. The van der Waals surface area contributed by atoms with Gasteiger partial charge >= 0.3 is 0 Å². The zero-order valence-electron chi connectivity index (χ0n) is 11.8. The molecule has 1 aromatic rings. The first-order valence-electron chi connectivity index (χ1n) is 6.26. The van der Waals surface area contributed by atoms with E-state index < -0.39 is 0 Å². The third-order valence-electron chi connectivity index (χ3n) is 2.73. The van der Waals surface area contributed by atoms with E-state index in [-0.39, 0.29) is 0 Å². The number of ether oxygens (including phenoxy) is 2. The number of methoxy groups -OCH3 is 2. The Bertz CT molecular complexity index is 367. The molecule has 0 aliphatic heterocycles. The molecule has 0 aliphatic rings. The highest BCUT2D eigenvalue weighted by atomic mass is 16.5. The largest absolute Gasteiger partial charge is 0.497 e. The summed E-state index contributed by atoms with van der Waals surface area (Å²) in [5.74, 6) is 1.39. The minimum absolute atomic E-state index is 0.562. The van der Waals surface area contributed by atoms with Gasteiger partial charge in [-0.3, -0.25) is 0 Å². The zero-order chi connectivity index (χ0) is 13.5. The maximum absolute atomic E-state index is 6.05. The van der Waals surface area contributed by atoms with Crippen LogP contribution in [0.2, 0.25) is 0 Å². The molecule has 0 bridgehead atoms. The van der Waals surface area contributed by atoms with Gasteiger partial charge in [-0.2, -0.15) is 0 Å². The Morgan fingerprint density at radius 1 is 1.28 bits per heavy atom. The summed E-state index contributed by atoms with van der Waals surface area (Å²) in [6, 6.07) is 5.74. The van der Waals surface area contributed by atoms with Gasteiger partial charge in [-0.1, -0.05) is 13.8 Å². The van der Waals surface area contributed by atoms with E-state index in [1.54, 1.807) is 14.2 Å². The Morgan fingerprint density at radius 3 is 2.56 bits per heavy atom. The molecule has 4 nitrogen and oxygen atoms in total. The third-order valence-corrected chi connectivity index (χ3v) is 2.73. The summed E-state index contributed by atoms with van der Waals surface area (Å²) in [5.41, 5.74) is 7.84. The normalized spacial score (nSPS) is 10.7. The lowest BCUT2D eigenvalue weighted by Gasteiger charge is -2.28. The molecule has 0 radical (unpaired) electrons. The zero-order valence-corrected chi connectivity index (χ0v) is 11.8. The van der Waals surface area contributed by atoms with Crippen LogP contribution in [0.25, 0.3) is 0 Å². The average Bonchev–Trinajstić information content (AvgIpc) is 2.35. The van der Waals surface area contributed by atoms with Crippen molar-refractivity contribution in [1.82, 2.24) is 0 Å². The van der Waals surface area contributed by atoms with Crippen LogP contribution in [0.5, 0.6) is 5.75 Å². The van der Waals surface area contributed by atoms with Crippen molar-refractivity contribution in [3.63, 3.8) is 0 Å². The molecule has 1 aromatic carbocycles. The van der Waals surface area contributed by atoms with E-state index in [0.29, 0.717) is 12.5 Å². The van der Waals surface area contributed by atoms with Crippen molar-refractivity contribution < 1.29 is 9.47 Å². The van der Waals surface area contributed by atoms with Crippen LogP contribution in [0.3, 0.4) is 0 Å². The van der Waals surface area contributed by atoms with Crippen molar-refractivity contribution in [2.45, 2.75) is 13.8 Å². The maximum Gasteiger partial charge on any atom is 0.121 e. The first-order valence-corrected chi connectivity index (χ1v) is 6.26. The highest BCUT2D eigenvalue weighted by molar-refractivity contribution is 5.69. The topological polar surface area (TPSA) is 47.7 Å². The van der Waals surface area contributed by atoms with E-state index in [9.17, 15) is 0 Å². The summed E-state index contributed by atoms with van der Waals surface area (Å²) in [4.78, 5) is 2.24. The summed E-state index contributed by atoms with van der Waals surface area (Å²) in [7, 11) is 3.37. The van der Waals surface area contributed by atoms with Crippen molar-refractivity contribution in [3.8, 4) is 5.75 Å². The van der Waals surface area contributed by atoms with Gasteiger partial charge in [0.05, 0.1) is 25.1 Å². The minimum Gasteiger partial charge on any atom is -0.497 e. The minimum atomic E-state index is 0.562. The van der Waals surface area contributed by atoms with Crippen LogP contribution in [0, 0.1) is 5.92 Å². The second kappa shape index (κ2) is 7.11. The number of benzene rings is 1. The Balaban J connectivity index is 2.94. The molecule has 0 unspecified atom stereocenters. The lowest BCUT2D eigenvalue weighted by molar-refractivity contribution is 0.204. The molecule has 0 saturated heterocycles. The van der Waals surface area contributed by atoms with Gasteiger partial charge in [0.1, 0.15) is 5.75 Å². The van der Waals surface area contributed by atoms with Crippen LogP contribution in [0.15, 0.2) is 18.2 Å². The Kier molecular flexibility index (Phi) is 5.78. The van der Waals surface area contributed by atoms with Gasteiger partial charge in [-0.15, -0.1) is 0 Å². The second-order valence-corrected chi connectivity index (χ2v) is 4.76. The fourth-order valence-electron chi connectivity index (χ4n) is 1.88. The van der Waals surface area contributed by atoms with Crippen LogP contribution >= 0.6 is 0 Å². The summed E-state index contributed by atoms with van der Waals surface area (Å²) in [5, 5.41) is 0. The molecular weight excluding hydrogens is 228 g/mol. The van der Waals surface area contributed by atoms with Gasteiger partial charge in [0.25, 0.3) is 0 Å². The van der Waals surface area contributed by atoms with Crippen molar-refractivity contribution in [3.05, 3.63) is 18.2 Å². The molecule has 18 heavy (non-hydrogen) atoms. The lowest BCUT2D eigenvalue weighted by Crippen LogP contribution is -2.31. The van der Waals surface area contributed by atoms with Crippen molar-refractivity contribution in [1.29, 1.82) is 0 Å². The van der Waals surface area contributed by atoms with Crippen LogP contribution in [0.1, 0.15) is 13.8 Å². The molecule has 4 heteroatoms. The van der Waals surface area contributed by atoms with Gasteiger partial charge in [0.2, 0.25) is 0 Å². The van der Waals surface area contributed by atoms with Gasteiger partial charge in [-0.25, -0.2) is 0 Å². The maximum atomic E-state index is 6.05. The summed E-state index contributed by atoms with van der Waals surface area (Å²) < 4.78 is 10.4. The number of nitrogen functional groups attached to an aromatic ring is 1. The molecule has 0 aliphatic carbocycles. The van der Waals surface area contributed by atoms with Gasteiger partial charge in [-0.05, 0) is 18.1 Å². The van der Waals surface area contributed by atoms with E-state index in [2.05, 4.69) is 18.7 Å². The number of nitrogens with zero attached hydrogens (tertiary/aromatic N) is 1. The standard InChI is InChI=1S/C14H24N2O2/c1-11(2)10-16(7-8-17-3)14-9-12(18-4)5-6-13(14)15/h5-6,9,11H,7-8,10,15H2,1-4H3. The number of rotatable bonds is 7. The average molecular weight is 252 g/mol. The third kappa shape index (κ3) is 4.11. The fourth-order valence-corrected chi connectivity index (χ4v) is 1.88. The number of hydrogen-bond donors (Lipinski definition) is 1. The highest BCUT2D eigenvalue weighted by Crippen LogP contribution is 2.28. The first-order chi connectivity index (χ1) is 8.58. The summed E-state index contributed by atoms with van der Waals surface area (Å²) in [6.07, 6.45) is 0. The molecule has 0 saturated carbocycles.